The summed E-state index contributed by atoms with van der Waals surface area (Å²) >= 11 is 3.26. The predicted molar refractivity (Wildman–Crippen MR) is 45.3 cm³/mol. The lowest BCUT2D eigenvalue weighted by atomic mass is 10.1. The molecule has 0 bridgehead atoms. The number of alkyl halides is 1. The molecule has 0 aromatic heterocycles. The molecule has 0 saturated heterocycles. The predicted octanol–water partition coefficient (Wildman–Crippen LogP) is 2.45. The number of halogens is 1. The summed E-state index contributed by atoms with van der Waals surface area (Å²) in [4.78, 5) is 11.2. The number of carbonyl (C=O) groups is 1. The van der Waals surface area contributed by atoms with Crippen molar-refractivity contribution in [3.8, 4) is 0 Å². The van der Waals surface area contributed by atoms with Gasteiger partial charge in [-0.05, 0) is 31.8 Å². The van der Waals surface area contributed by atoms with Crippen molar-refractivity contribution in [2.75, 3.05) is 0 Å². The molecule has 2 heteroatoms. The summed E-state index contributed by atoms with van der Waals surface area (Å²) in [6.07, 6.45) is 5.27. The summed E-state index contributed by atoms with van der Waals surface area (Å²) in [5.41, 5.74) is 1.02. The summed E-state index contributed by atoms with van der Waals surface area (Å²) in [7, 11) is 0. The van der Waals surface area contributed by atoms with Gasteiger partial charge in [-0.25, -0.2) is 0 Å². The molecule has 1 nitrogen and oxygen atoms in total. The van der Waals surface area contributed by atoms with E-state index in [1.165, 1.54) is 0 Å². The molecule has 0 aliphatic heterocycles. The second-order valence-corrected chi connectivity index (χ2v) is 3.98. The monoisotopic (exact) mass is 202 g/mol. The Labute approximate surface area is 69.6 Å². The molecule has 0 aromatic carbocycles. The standard InChI is InChI=1S/C8H11BrO/c1-6(9)8(10)7-4-2-3-5-7/h4,6H,2-3,5H2,1H3/t6-/m0/s1. The van der Waals surface area contributed by atoms with E-state index >= 15 is 0 Å². The Morgan fingerprint density at radius 1 is 1.80 bits per heavy atom. The van der Waals surface area contributed by atoms with Crippen LogP contribution in [0.5, 0.6) is 0 Å². The zero-order valence-electron chi connectivity index (χ0n) is 6.06. The third-order valence-electron chi connectivity index (χ3n) is 1.72. The second-order valence-electron chi connectivity index (χ2n) is 2.60. The van der Waals surface area contributed by atoms with Crippen LogP contribution >= 0.6 is 15.9 Å². The normalized spacial score (nSPS) is 20.4. The van der Waals surface area contributed by atoms with Gasteiger partial charge in [0.1, 0.15) is 0 Å². The summed E-state index contributed by atoms with van der Waals surface area (Å²) < 4.78 is 0. The molecule has 1 aliphatic rings. The summed E-state index contributed by atoms with van der Waals surface area (Å²) in [6.45, 7) is 1.88. The number of carbonyl (C=O) groups excluding carboxylic acids is 1. The van der Waals surface area contributed by atoms with Gasteiger partial charge >= 0.3 is 0 Å². The third kappa shape index (κ3) is 1.69. The summed E-state index contributed by atoms with van der Waals surface area (Å²) in [5.74, 6) is 0.262. The largest absolute Gasteiger partial charge is 0.293 e. The first-order valence-electron chi connectivity index (χ1n) is 3.59. The molecule has 1 rings (SSSR count). The molecule has 1 atom stereocenters. The van der Waals surface area contributed by atoms with Crippen molar-refractivity contribution >= 4 is 21.7 Å². The molecule has 1 aliphatic carbocycles. The van der Waals surface area contributed by atoms with Gasteiger partial charge in [0.15, 0.2) is 5.78 Å². The zero-order valence-corrected chi connectivity index (χ0v) is 7.65. The van der Waals surface area contributed by atoms with E-state index in [1.807, 2.05) is 6.92 Å². The van der Waals surface area contributed by atoms with Crippen molar-refractivity contribution in [1.29, 1.82) is 0 Å². The highest BCUT2D eigenvalue weighted by Crippen LogP contribution is 2.21. The van der Waals surface area contributed by atoms with Crippen LogP contribution < -0.4 is 0 Å². The Morgan fingerprint density at radius 3 is 2.90 bits per heavy atom. The number of Topliss-reactive ketones (excluding diaryl/α,β-unsaturated/α-hetero) is 1. The third-order valence-corrected chi connectivity index (χ3v) is 2.13. The minimum Gasteiger partial charge on any atom is -0.293 e. The van der Waals surface area contributed by atoms with E-state index in [1.54, 1.807) is 0 Å². The van der Waals surface area contributed by atoms with Gasteiger partial charge in [-0.15, -0.1) is 0 Å². The molecule has 0 fully saturated rings. The molecule has 56 valence electrons. The van der Waals surface area contributed by atoms with Crippen LogP contribution in [0.1, 0.15) is 26.2 Å². The van der Waals surface area contributed by atoms with Crippen molar-refractivity contribution in [3.63, 3.8) is 0 Å². The minimum atomic E-state index is -0.00292. The van der Waals surface area contributed by atoms with Gasteiger partial charge < -0.3 is 0 Å². The van der Waals surface area contributed by atoms with Crippen LogP contribution in [0.4, 0.5) is 0 Å². The van der Waals surface area contributed by atoms with E-state index in [0.29, 0.717) is 0 Å². The van der Waals surface area contributed by atoms with Crippen molar-refractivity contribution in [1.82, 2.24) is 0 Å². The summed E-state index contributed by atoms with van der Waals surface area (Å²) in [6, 6.07) is 0. The van der Waals surface area contributed by atoms with E-state index < -0.39 is 0 Å². The van der Waals surface area contributed by atoms with E-state index in [2.05, 4.69) is 22.0 Å². The lowest BCUT2D eigenvalue weighted by Crippen LogP contribution is -2.10. The maximum Gasteiger partial charge on any atom is 0.171 e. The van der Waals surface area contributed by atoms with Crippen molar-refractivity contribution < 1.29 is 4.79 Å². The van der Waals surface area contributed by atoms with Crippen LogP contribution in [0.15, 0.2) is 11.6 Å². The van der Waals surface area contributed by atoms with Gasteiger partial charge in [0, 0.05) is 0 Å². The number of ketones is 1. The Balaban J connectivity index is 2.56. The quantitative estimate of drug-likeness (QED) is 0.630. The lowest BCUT2D eigenvalue weighted by molar-refractivity contribution is -0.114. The number of hydrogen-bond acceptors (Lipinski definition) is 1. The SMILES string of the molecule is C[C@H](Br)C(=O)C1=CCCC1. The highest BCUT2D eigenvalue weighted by molar-refractivity contribution is 9.10. The van der Waals surface area contributed by atoms with Crippen LogP contribution in [0.2, 0.25) is 0 Å². The molecule has 0 heterocycles. The van der Waals surface area contributed by atoms with Gasteiger partial charge in [-0.2, -0.15) is 0 Å². The van der Waals surface area contributed by atoms with Crippen molar-refractivity contribution in [2.24, 2.45) is 0 Å². The zero-order chi connectivity index (χ0) is 7.56. The van der Waals surface area contributed by atoms with Gasteiger partial charge in [-0.1, -0.05) is 22.0 Å². The van der Waals surface area contributed by atoms with Gasteiger partial charge in [0.25, 0.3) is 0 Å². The molecule has 0 aromatic rings. The van der Waals surface area contributed by atoms with Crippen LogP contribution in [0, 0.1) is 0 Å². The van der Waals surface area contributed by atoms with Gasteiger partial charge in [-0.3, -0.25) is 4.79 Å². The first-order valence-corrected chi connectivity index (χ1v) is 4.50. The second kappa shape index (κ2) is 3.33. The van der Waals surface area contributed by atoms with Crippen molar-refractivity contribution in [3.05, 3.63) is 11.6 Å². The van der Waals surface area contributed by atoms with E-state index in [9.17, 15) is 4.79 Å². The van der Waals surface area contributed by atoms with Crippen LogP contribution in [0.25, 0.3) is 0 Å². The molecule has 0 saturated carbocycles. The molecule has 0 spiro atoms. The smallest absolute Gasteiger partial charge is 0.171 e. The van der Waals surface area contributed by atoms with Crippen LogP contribution in [-0.4, -0.2) is 10.6 Å². The summed E-state index contributed by atoms with van der Waals surface area (Å²) in [5, 5.41) is 0. The van der Waals surface area contributed by atoms with E-state index in [0.717, 1.165) is 24.8 Å². The highest BCUT2D eigenvalue weighted by atomic mass is 79.9. The fraction of sp³-hybridized carbons (Fsp3) is 0.625. The van der Waals surface area contributed by atoms with Gasteiger partial charge in [0.2, 0.25) is 0 Å². The van der Waals surface area contributed by atoms with E-state index in [4.69, 9.17) is 0 Å². The molecule has 0 unspecified atom stereocenters. The highest BCUT2D eigenvalue weighted by Gasteiger charge is 2.16. The van der Waals surface area contributed by atoms with Crippen molar-refractivity contribution in [2.45, 2.75) is 31.0 Å². The molecule has 10 heavy (non-hydrogen) atoms. The molecular formula is C8H11BrO. The number of allylic oxidation sites excluding steroid dienone is 2. The lowest BCUT2D eigenvalue weighted by Gasteiger charge is -2.01. The Kier molecular flexibility index (Phi) is 2.66. The fourth-order valence-corrected chi connectivity index (χ4v) is 1.44. The van der Waals surface area contributed by atoms with E-state index in [-0.39, 0.29) is 10.6 Å². The number of hydrogen-bond donors (Lipinski definition) is 0. The topological polar surface area (TPSA) is 17.1 Å². The number of rotatable bonds is 2. The van der Waals surface area contributed by atoms with Gasteiger partial charge in [0.05, 0.1) is 4.83 Å². The first-order chi connectivity index (χ1) is 4.72. The Morgan fingerprint density at radius 2 is 2.50 bits per heavy atom. The maximum absolute atomic E-state index is 11.2. The molecule has 0 radical (unpaired) electrons. The Hall–Kier alpha value is -0.110. The average Bonchev–Trinajstić information content (AvgIpc) is 2.36. The molecular weight excluding hydrogens is 192 g/mol. The molecule has 0 amide bonds. The minimum absolute atomic E-state index is 0.00292. The van der Waals surface area contributed by atoms with Crippen LogP contribution in [0.3, 0.4) is 0 Å². The molecule has 0 N–H and O–H groups in total. The first kappa shape index (κ1) is 7.99. The average molecular weight is 203 g/mol. The fourth-order valence-electron chi connectivity index (χ4n) is 1.15. The van der Waals surface area contributed by atoms with Crippen LogP contribution in [-0.2, 0) is 4.79 Å². The maximum atomic E-state index is 11.2. The Bertz CT molecular complexity index is 170.